The standard InChI is InChI=1S/C11H13NO4/c1-8(2)16-7-11(13)9-3-5-10(6-4-9)12(14)15/h3-6,8H,7H2,1-2H3. The molecular weight excluding hydrogens is 210 g/mol. The summed E-state index contributed by atoms with van der Waals surface area (Å²) in [6.45, 7) is 3.67. The molecule has 0 unspecified atom stereocenters. The third-order valence-electron chi connectivity index (χ3n) is 1.95. The van der Waals surface area contributed by atoms with Gasteiger partial charge < -0.3 is 4.74 Å². The van der Waals surface area contributed by atoms with E-state index in [9.17, 15) is 14.9 Å². The fourth-order valence-electron chi connectivity index (χ4n) is 1.09. The summed E-state index contributed by atoms with van der Waals surface area (Å²) in [5.74, 6) is -0.177. The van der Waals surface area contributed by atoms with E-state index in [-0.39, 0.29) is 24.2 Å². The van der Waals surface area contributed by atoms with Crippen molar-refractivity contribution in [2.24, 2.45) is 0 Å². The monoisotopic (exact) mass is 223 g/mol. The lowest BCUT2D eigenvalue weighted by Gasteiger charge is -2.06. The third-order valence-corrected chi connectivity index (χ3v) is 1.95. The van der Waals surface area contributed by atoms with E-state index < -0.39 is 4.92 Å². The number of rotatable bonds is 5. The summed E-state index contributed by atoms with van der Waals surface area (Å²) in [5, 5.41) is 10.4. The van der Waals surface area contributed by atoms with Crippen molar-refractivity contribution in [1.29, 1.82) is 0 Å². The molecule has 0 aliphatic carbocycles. The third kappa shape index (κ3) is 3.43. The number of hydrogen-bond acceptors (Lipinski definition) is 4. The normalized spacial score (nSPS) is 10.4. The molecule has 16 heavy (non-hydrogen) atoms. The van der Waals surface area contributed by atoms with Gasteiger partial charge in [0.1, 0.15) is 6.61 Å². The van der Waals surface area contributed by atoms with Crippen molar-refractivity contribution >= 4 is 11.5 Å². The molecule has 1 aromatic carbocycles. The molecule has 0 bridgehead atoms. The van der Waals surface area contributed by atoms with Crippen LogP contribution in [0.2, 0.25) is 0 Å². The number of carbonyl (C=O) groups excluding carboxylic acids is 1. The van der Waals surface area contributed by atoms with Crippen LogP contribution in [-0.4, -0.2) is 23.4 Å². The Balaban J connectivity index is 2.67. The van der Waals surface area contributed by atoms with Crippen LogP contribution in [0.5, 0.6) is 0 Å². The summed E-state index contributed by atoms with van der Waals surface area (Å²) in [4.78, 5) is 21.4. The van der Waals surface area contributed by atoms with Gasteiger partial charge in [-0.2, -0.15) is 0 Å². The molecule has 0 radical (unpaired) electrons. The lowest BCUT2D eigenvalue weighted by molar-refractivity contribution is -0.384. The number of nitro benzene ring substituents is 1. The molecule has 0 heterocycles. The number of ether oxygens (including phenoxy) is 1. The summed E-state index contributed by atoms with van der Waals surface area (Å²) in [6.07, 6.45) is -0.0120. The molecule has 86 valence electrons. The zero-order valence-electron chi connectivity index (χ0n) is 9.17. The Morgan fingerprint density at radius 3 is 2.38 bits per heavy atom. The van der Waals surface area contributed by atoms with Crippen molar-refractivity contribution in [3.63, 3.8) is 0 Å². The minimum absolute atomic E-state index is 0.00449. The number of non-ortho nitro benzene ring substituents is 1. The lowest BCUT2D eigenvalue weighted by Crippen LogP contribution is -2.13. The Morgan fingerprint density at radius 2 is 1.94 bits per heavy atom. The molecule has 0 fully saturated rings. The summed E-state index contributed by atoms with van der Waals surface area (Å²) in [6, 6.07) is 5.49. The Bertz CT molecular complexity index is 383. The number of hydrogen-bond donors (Lipinski definition) is 0. The van der Waals surface area contributed by atoms with Crippen LogP contribution in [0.25, 0.3) is 0 Å². The molecule has 1 rings (SSSR count). The predicted octanol–water partition coefficient (Wildman–Crippen LogP) is 2.20. The topological polar surface area (TPSA) is 69.4 Å². The first kappa shape index (κ1) is 12.3. The number of ketones is 1. The van der Waals surface area contributed by atoms with Gasteiger partial charge in [-0.25, -0.2) is 0 Å². The zero-order chi connectivity index (χ0) is 12.1. The highest BCUT2D eigenvalue weighted by atomic mass is 16.6. The Morgan fingerprint density at radius 1 is 1.38 bits per heavy atom. The van der Waals surface area contributed by atoms with E-state index in [1.807, 2.05) is 13.8 Å². The molecule has 0 N–H and O–H groups in total. The van der Waals surface area contributed by atoms with Crippen LogP contribution in [0.4, 0.5) is 5.69 Å². The highest BCUT2D eigenvalue weighted by molar-refractivity contribution is 5.97. The van der Waals surface area contributed by atoms with Gasteiger partial charge >= 0.3 is 0 Å². The average Bonchev–Trinajstić information content (AvgIpc) is 2.26. The number of benzene rings is 1. The van der Waals surface area contributed by atoms with Crippen LogP contribution in [0.15, 0.2) is 24.3 Å². The van der Waals surface area contributed by atoms with Gasteiger partial charge in [0.15, 0.2) is 5.78 Å². The van der Waals surface area contributed by atoms with Gasteiger partial charge in [0, 0.05) is 17.7 Å². The number of carbonyl (C=O) groups is 1. The van der Waals surface area contributed by atoms with E-state index in [4.69, 9.17) is 4.74 Å². The van der Waals surface area contributed by atoms with E-state index in [1.165, 1.54) is 24.3 Å². The summed E-state index contributed by atoms with van der Waals surface area (Å²) in [5.41, 5.74) is 0.396. The molecule has 0 aliphatic heterocycles. The largest absolute Gasteiger partial charge is 0.371 e. The zero-order valence-corrected chi connectivity index (χ0v) is 9.17. The summed E-state index contributed by atoms with van der Waals surface area (Å²) in [7, 11) is 0. The van der Waals surface area contributed by atoms with Crippen molar-refractivity contribution < 1.29 is 14.5 Å². The highest BCUT2D eigenvalue weighted by Gasteiger charge is 2.10. The second-order valence-corrected chi connectivity index (χ2v) is 3.59. The van der Waals surface area contributed by atoms with Crippen LogP contribution < -0.4 is 0 Å². The van der Waals surface area contributed by atoms with Crippen LogP contribution in [0.3, 0.4) is 0 Å². The second kappa shape index (κ2) is 5.37. The minimum Gasteiger partial charge on any atom is -0.371 e. The quantitative estimate of drug-likeness (QED) is 0.436. The van der Waals surface area contributed by atoms with Gasteiger partial charge in [0.2, 0.25) is 0 Å². The fraction of sp³-hybridized carbons (Fsp3) is 0.364. The first-order valence-electron chi connectivity index (χ1n) is 4.90. The van der Waals surface area contributed by atoms with Gasteiger partial charge in [-0.3, -0.25) is 14.9 Å². The molecular formula is C11H13NO4. The van der Waals surface area contributed by atoms with Gasteiger partial charge in [-0.05, 0) is 26.0 Å². The fourth-order valence-corrected chi connectivity index (χ4v) is 1.09. The molecule has 0 atom stereocenters. The maximum Gasteiger partial charge on any atom is 0.269 e. The molecule has 0 saturated heterocycles. The molecule has 0 spiro atoms. The number of nitrogens with zero attached hydrogens (tertiary/aromatic N) is 1. The number of nitro groups is 1. The van der Waals surface area contributed by atoms with E-state index in [0.29, 0.717) is 5.56 Å². The molecule has 0 aromatic heterocycles. The smallest absolute Gasteiger partial charge is 0.269 e. The first-order valence-corrected chi connectivity index (χ1v) is 4.90. The SMILES string of the molecule is CC(C)OCC(=O)c1ccc([N+](=O)[O-])cc1. The van der Waals surface area contributed by atoms with Crippen molar-refractivity contribution in [2.45, 2.75) is 20.0 Å². The van der Waals surface area contributed by atoms with E-state index in [0.717, 1.165) is 0 Å². The van der Waals surface area contributed by atoms with Gasteiger partial charge in [0.25, 0.3) is 5.69 Å². The van der Waals surface area contributed by atoms with E-state index in [2.05, 4.69) is 0 Å². The first-order chi connectivity index (χ1) is 7.50. The van der Waals surface area contributed by atoms with Gasteiger partial charge in [-0.1, -0.05) is 0 Å². The van der Waals surface area contributed by atoms with Crippen LogP contribution in [0.1, 0.15) is 24.2 Å². The van der Waals surface area contributed by atoms with Gasteiger partial charge in [-0.15, -0.1) is 0 Å². The van der Waals surface area contributed by atoms with E-state index >= 15 is 0 Å². The summed E-state index contributed by atoms with van der Waals surface area (Å²) >= 11 is 0. The van der Waals surface area contributed by atoms with Crippen LogP contribution in [0, 0.1) is 10.1 Å². The van der Waals surface area contributed by atoms with Crippen molar-refractivity contribution in [1.82, 2.24) is 0 Å². The molecule has 0 amide bonds. The Hall–Kier alpha value is -1.75. The average molecular weight is 223 g/mol. The van der Waals surface area contributed by atoms with Crippen molar-refractivity contribution in [3.8, 4) is 0 Å². The molecule has 5 nitrogen and oxygen atoms in total. The maximum atomic E-state index is 11.5. The van der Waals surface area contributed by atoms with Crippen LogP contribution in [-0.2, 0) is 4.74 Å². The molecule has 0 saturated carbocycles. The van der Waals surface area contributed by atoms with Crippen molar-refractivity contribution in [2.75, 3.05) is 6.61 Å². The van der Waals surface area contributed by atoms with Gasteiger partial charge in [0.05, 0.1) is 11.0 Å². The predicted molar refractivity (Wildman–Crippen MR) is 58.5 cm³/mol. The molecule has 1 aromatic rings. The van der Waals surface area contributed by atoms with Crippen LogP contribution >= 0.6 is 0 Å². The highest BCUT2D eigenvalue weighted by Crippen LogP contribution is 2.12. The lowest BCUT2D eigenvalue weighted by atomic mass is 10.1. The van der Waals surface area contributed by atoms with Crippen molar-refractivity contribution in [3.05, 3.63) is 39.9 Å². The van der Waals surface area contributed by atoms with E-state index in [1.54, 1.807) is 0 Å². The Labute approximate surface area is 93.2 Å². The molecule has 0 aliphatic rings. The molecule has 5 heteroatoms. The summed E-state index contributed by atoms with van der Waals surface area (Å²) < 4.78 is 5.15. The maximum absolute atomic E-state index is 11.5. The second-order valence-electron chi connectivity index (χ2n) is 3.59. The Kier molecular flexibility index (Phi) is 4.13. The number of Topliss-reactive ketones (excluding diaryl/α,β-unsaturated/α-hetero) is 1. The minimum atomic E-state index is -0.501.